The molecule has 2 aromatic carbocycles. The number of para-hydroxylation sites is 1. The first-order chi connectivity index (χ1) is 19.1. The maximum Gasteiger partial charge on any atom is 0.408 e. The van der Waals surface area contributed by atoms with Crippen molar-refractivity contribution in [2.45, 2.75) is 98.4 Å². The molecule has 41 heavy (non-hydrogen) atoms. The quantitative estimate of drug-likeness (QED) is 0.289. The molecule has 3 atom stereocenters. The van der Waals surface area contributed by atoms with E-state index in [9.17, 15) is 14.4 Å². The number of benzene rings is 2. The summed E-state index contributed by atoms with van der Waals surface area (Å²) >= 11 is 6.47. The second kappa shape index (κ2) is 13.9. The fourth-order valence-electron chi connectivity index (χ4n) is 4.37. The molecular weight excluding hydrogens is 538 g/mol. The molecule has 2 aromatic rings. The monoisotopic (exact) mass is 581 g/mol. The molecule has 0 spiro atoms. The second-order valence-corrected chi connectivity index (χ2v) is 12.4. The summed E-state index contributed by atoms with van der Waals surface area (Å²) in [4.78, 5) is 43.3. The third-order valence-corrected chi connectivity index (χ3v) is 7.59. The van der Waals surface area contributed by atoms with Crippen molar-refractivity contribution in [3.63, 3.8) is 0 Å². The first-order valence-electron chi connectivity index (χ1n) is 14.0. The summed E-state index contributed by atoms with van der Waals surface area (Å²) in [5.41, 5.74) is 0.929. The van der Waals surface area contributed by atoms with Gasteiger partial charge in [0.2, 0.25) is 5.91 Å². The normalized spacial score (nSPS) is 13.8. The number of nitrogens with zero attached hydrogens (tertiary/aromatic N) is 1. The van der Waals surface area contributed by atoms with Crippen molar-refractivity contribution in [2.75, 3.05) is 5.32 Å². The Balaban J connectivity index is 2.72. The van der Waals surface area contributed by atoms with Crippen LogP contribution in [-0.2, 0) is 14.3 Å². The van der Waals surface area contributed by atoms with E-state index in [2.05, 4.69) is 16.6 Å². The van der Waals surface area contributed by atoms with Gasteiger partial charge in [-0.25, -0.2) is 4.79 Å². The minimum Gasteiger partial charge on any atom is -0.444 e. The summed E-state index contributed by atoms with van der Waals surface area (Å²) in [5.74, 6) is 1.51. The number of ether oxygens (including phenoxy) is 1. The van der Waals surface area contributed by atoms with Crippen LogP contribution in [0.15, 0.2) is 42.5 Å². The van der Waals surface area contributed by atoms with E-state index >= 15 is 0 Å². The van der Waals surface area contributed by atoms with Gasteiger partial charge >= 0.3 is 6.09 Å². The zero-order valence-corrected chi connectivity index (χ0v) is 26.5. The van der Waals surface area contributed by atoms with Gasteiger partial charge < -0.3 is 20.3 Å². The van der Waals surface area contributed by atoms with Crippen LogP contribution in [0.4, 0.5) is 10.5 Å². The van der Waals surface area contributed by atoms with Crippen molar-refractivity contribution >= 4 is 35.2 Å². The summed E-state index contributed by atoms with van der Waals surface area (Å²) in [6, 6.07) is 10.3. The van der Waals surface area contributed by atoms with Gasteiger partial charge in [-0.05, 0) is 83.2 Å². The summed E-state index contributed by atoms with van der Waals surface area (Å²) < 4.78 is 5.49. The van der Waals surface area contributed by atoms with Gasteiger partial charge in [-0.1, -0.05) is 69.0 Å². The van der Waals surface area contributed by atoms with Crippen LogP contribution >= 0.6 is 11.6 Å². The van der Waals surface area contributed by atoms with Gasteiger partial charge in [-0.15, -0.1) is 6.42 Å². The van der Waals surface area contributed by atoms with Crippen molar-refractivity contribution in [2.24, 2.45) is 5.92 Å². The largest absolute Gasteiger partial charge is 0.444 e. The molecule has 0 aliphatic heterocycles. The lowest BCUT2D eigenvalue weighted by molar-refractivity contribution is -0.148. The third kappa shape index (κ3) is 8.74. The van der Waals surface area contributed by atoms with E-state index in [0.717, 1.165) is 5.56 Å². The van der Waals surface area contributed by atoms with Gasteiger partial charge in [0.1, 0.15) is 17.7 Å². The molecule has 8 heteroatoms. The molecule has 0 bridgehead atoms. The number of aryl methyl sites for hydroxylation is 1. The second-order valence-electron chi connectivity index (χ2n) is 12.0. The molecule has 0 heterocycles. The lowest BCUT2D eigenvalue weighted by atomic mass is 9.89. The number of nitrogens with one attached hydrogen (secondary N) is 2. The fourth-order valence-corrected chi connectivity index (χ4v) is 4.64. The highest BCUT2D eigenvalue weighted by atomic mass is 35.5. The molecule has 0 saturated heterocycles. The number of anilines is 1. The van der Waals surface area contributed by atoms with Gasteiger partial charge in [-0.2, -0.15) is 0 Å². The van der Waals surface area contributed by atoms with E-state index in [4.69, 9.17) is 22.8 Å². The van der Waals surface area contributed by atoms with E-state index in [-0.39, 0.29) is 5.92 Å². The van der Waals surface area contributed by atoms with Gasteiger partial charge in [-0.3, -0.25) is 9.59 Å². The van der Waals surface area contributed by atoms with Crippen LogP contribution in [0.2, 0.25) is 5.02 Å². The van der Waals surface area contributed by atoms with Crippen molar-refractivity contribution in [3.05, 3.63) is 64.2 Å². The van der Waals surface area contributed by atoms with Gasteiger partial charge in [0.25, 0.3) is 5.91 Å². The van der Waals surface area contributed by atoms with Crippen molar-refractivity contribution in [3.8, 4) is 12.3 Å². The summed E-state index contributed by atoms with van der Waals surface area (Å²) in [7, 11) is 0. The van der Waals surface area contributed by atoms with Crippen LogP contribution in [0.25, 0.3) is 0 Å². The zero-order valence-electron chi connectivity index (χ0n) is 25.7. The SMILES string of the molecule is C#Cc1ccc(C(C(=O)Nc2c(C)cccc2Cl)N(C(=O)C(NC(=O)OC(C)(C)C)C(C)CC)C(C)(C)CC)cc1. The predicted molar refractivity (Wildman–Crippen MR) is 166 cm³/mol. The van der Waals surface area contributed by atoms with E-state index in [0.29, 0.717) is 34.7 Å². The first-order valence-corrected chi connectivity index (χ1v) is 14.4. The Morgan fingerprint density at radius 3 is 2.15 bits per heavy atom. The number of alkyl carbamates (subject to hydrolysis) is 1. The van der Waals surface area contributed by atoms with Gasteiger partial charge in [0.15, 0.2) is 0 Å². The minimum atomic E-state index is -1.06. The Bertz CT molecular complexity index is 1250. The Kier molecular flexibility index (Phi) is 11.4. The van der Waals surface area contributed by atoms with Crippen LogP contribution in [-0.4, -0.2) is 40.0 Å². The zero-order chi connectivity index (χ0) is 31.1. The first kappa shape index (κ1) is 33.7. The number of halogens is 1. The summed E-state index contributed by atoms with van der Waals surface area (Å²) in [6.07, 6.45) is 6.04. The average molecular weight is 582 g/mol. The lowest BCUT2D eigenvalue weighted by Gasteiger charge is -2.45. The van der Waals surface area contributed by atoms with Crippen LogP contribution in [0, 0.1) is 25.2 Å². The number of hydrogen-bond acceptors (Lipinski definition) is 4. The van der Waals surface area contributed by atoms with Crippen LogP contribution in [0.5, 0.6) is 0 Å². The van der Waals surface area contributed by atoms with Crippen molar-refractivity contribution in [1.82, 2.24) is 10.2 Å². The fraction of sp³-hybridized carbons (Fsp3) is 0.485. The predicted octanol–water partition coefficient (Wildman–Crippen LogP) is 7.27. The van der Waals surface area contributed by atoms with Crippen LogP contribution in [0.3, 0.4) is 0 Å². The lowest BCUT2D eigenvalue weighted by Crippen LogP contribution is -2.60. The Hall–Kier alpha value is -3.50. The summed E-state index contributed by atoms with van der Waals surface area (Å²) in [5, 5.41) is 6.16. The third-order valence-electron chi connectivity index (χ3n) is 7.28. The number of amides is 3. The van der Waals surface area contributed by atoms with E-state index < -0.39 is 41.1 Å². The molecule has 0 aromatic heterocycles. The van der Waals surface area contributed by atoms with Crippen molar-refractivity contribution in [1.29, 1.82) is 0 Å². The van der Waals surface area contributed by atoms with E-state index in [1.165, 1.54) is 0 Å². The molecule has 0 saturated carbocycles. The molecule has 3 unspecified atom stereocenters. The maximum atomic E-state index is 14.6. The highest BCUT2D eigenvalue weighted by molar-refractivity contribution is 6.34. The Labute approximate surface area is 250 Å². The van der Waals surface area contributed by atoms with E-state index in [1.54, 1.807) is 62.1 Å². The Morgan fingerprint density at radius 2 is 1.66 bits per heavy atom. The highest BCUT2D eigenvalue weighted by Crippen LogP contribution is 2.35. The smallest absolute Gasteiger partial charge is 0.408 e. The standard InChI is InChI=1S/C33H44ClN3O4/c1-11-21(4)27(36-31(40)41-32(6,7)8)30(39)37(33(9,10)13-3)28(24-19-17-23(12-2)18-20-24)29(38)35-26-22(5)15-14-16-25(26)34/h2,14-21,27-28H,11,13H2,1,3-10H3,(H,35,38)(H,36,40). The summed E-state index contributed by atoms with van der Waals surface area (Å²) in [6.45, 7) is 16.7. The molecule has 2 N–H and O–H groups in total. The van der Waals surface area contributed by atoms with E-state index in [1.807, 2.05) is 47.6 Å². The Morgan fingerprint density at radius 1 is 1.05 bits per heavy atom. The molecular formula is C33H44ClN3O4. The van der Waals surface area contributed by atoms with Crippen LogP contribution < -0.4 is 10.6 Å². The van der Waals surface area contributed by atoms with Crippen LogP contribution in [0.1, 0.15) is 91.0 Å². The molecule has 0 aliphatic carbocycles. The topological polar surface area (TPSA) is 87.7 Å². The maximum absolute atomic E-state index is 14.6. The number of rotatable bonds is 10. The van der Waals surface area contributed by atoms with Gasteiger partial charge in [0, 0.05) is 11.1 Å². The highest BCUT2D eigenvalue weighted by Gasteiger charge is 2.44. The number of carbonyl (C=O) groups is 3. The van der Waals surface area contributed by atoms with Crippen molar-refractivity contribution < 1.29 is 19.1 Å². The number of terminal acetylenes is 1. The minimum absolute atomic E-state index is 0.247. The molecule has 0 fully saturated rings. The molecule has 2 rings (SSSR count). The average Bonchev–Trinajstić information content (AvgIpc) is 2.90. The number of carbonyl (C=O) groups excluding carboxylic acids is 3. The van der Waals surface area contributed by atoms with Gasteiger partial charge in [0.05, 0.1) is 10.7 Å². The molecule has 0 aliphatic rings. The molecule has 3 amide bonds. The number of hydrogen-bond donors (Lipinski definition) is 2. The molecule has 222 valence electrons. The molecule has 0 radical (unpaired) electrons. The molecule has 7 nitrogen and oxygen atoms in total.